The van der Waals surface area contributed by atoms with Crippen molar-refractivity contribution < 1.29 is 84.2 Å². The van der Waals surface area contributed by atoms with Crippen LogP contribution in [-0.4, -0.2) is 66.4 Å². The van der Waals surface area contributed by atoms with Crippen LogP contribution in [0.5, 0.6) is 34.5 Å². The Kier molecular flexibility index (Phi) is 15.4. The number of ketones is 2. The van der Waals surface area contributed by atoms with E-state index in [0.717, 1.165) is 60.7 Å². The van der Waals surface area contributed by atoms with Gasteiger partial charge in [-0.15, -0.1) is 26.3 Å². The van der Waals surface area contributed by atoms with E-state index in [1.807, 2.05) is 0 Å². The van der Waals surface area contributed by atoms with E-state index < -0.39 is 65.9 Å². The van der Waals surface area contributed by atoms with Crippen molar-refractivity contribution >= 4 is 41.3 Å². The first kappa shape index (κ1) is 48.4. The number of alkyl halides is 6. The Morgan fingerprint density at radius 2 is 1.03 bits per heavy atom. The Bertz CT molecular complexity index is 2550. The highest BCUT2D eigenvalue weighted by Gasteiger charge is 2.41. The monoisotopic (exact) mass is 909 g/mol. The van der Waals surface area contributed by atoms with Gasteiger partial charge in [0.2, 0.25) is 11.6 Å². The first-order valence-corrected chi connectivity index (χ1v) is 18.9. The average Bonchev–Trinajstić information content (AvgIpc) is 3.25. The van der Waals surface area contributed by atoms with Crippen molar-refractivity contribution in [2.75, 3.05) is 20.0 Å². The molecular formula is C46H37F6NO12. The fourth-order valence-electron chi connectivity index (χ4n) is 5.94. The van der Waals surface area contributed by atoms with E-state index >= 15 is 0 Å². The highest BCUT2D eigenvalue weighted by Crippen LogP contribution is 2.33. The molecular weight excluding hydrogens is 872 g/mol. The van der Waals surface area contributed by atoms with Crippen LogP contribution in [0, 0.1) is 5.92 Å². The lowest BCUT2D eigenvalue weighted by Crippen LogP contribution is -2.46. The highest BCUT2D eigenvalue weighted by atomic mass is 19.4. The van der Waals surface area contributed by atoms with Gasteiger partial charge in [-0.3, -0.25) is 9.59 Å². The maximum Gasteiger partial charge on any atom is 0.573 e. The molecule has 19 heteroatoms. The molecule has 0 aliphatic rings. The number of benzene rings is 5. The number of halogens is 6. The summed E-state index contributed by atoms with van der Waals surface area (Å²) in [6.45, 7) is 0. The van der Waals surface area contributed by atoms with Gasteiger partial charge in [0.15, 0.2) is 28.8 Å². The van der Waals surface area contributed by atoms with Gasteiger partial charge in [0.1, 0.15) is 11.5 Å². The Hall–Kier alpha value is -7.64. The van der Waals surface area contributed by atoms with E-state index in [9.17, 15) is 55.7 Å². The zero-order chi connectivity index (χ0) is 47.5. The molecule has 0 saturated heterocycles. The molecule has 0 bridgehead atoms. The molecule has 0 amide bonds. The topological polar surface area (TPSA) is 190 Å². The molecule has 4 N–H and O–H groups in total. The molecule has 5 aromatic carbocycles. The fourth-order valence-corrected chi connectivity index (χ4v) is 5.94. The van der Waals surface area contributed by atoms with Crippen molar-refractivity contribution in [2.24, 2.45) is 5.92 Å². The van der Waals surface area contributed by atoms with Gasteiger partial charge in [-0.25, -0.2) is 9.59 Å². The number of anilines is 1. The van der Waals surface area contributed by atoms with Crippen LogP contribution in [-0.2, 0) is 16.0 Å². The van der Waals surface area contributed by atoms with Crippen molar-refractivity contribution in [3.05, 3.63) is 149 Å². The minimum Gasteiger partial charge on any atom is -0.493 e. The van der Waals surface area contributed by atoms with Crippen molar-refractivity contribution in [2.45, 2.75) is 31.4 Å². The summed E-state index contributed by atoms with van der Waals surface area (Å²) < 4.78 is 104. The number of nitrogen functional groups attached to an aromatic ring is 1. The zero-order valence-electron chi connectivity index (χ0n) is 34.0. The number of allylic oxidation sites excluding steroid dienone is 1. The standard InChI is InChI=1S/C46H37F6NO12/c1-60-39-24-28(6-20-37(39)62-42(56)30-9-16-35(17-10-30)64-45(47,48)49)5-15-34(54)26-32(23-27-3-13-33(53)14-4-27)44(58,59)41(55)22-8-29-7-21-38(40(25-29)61-2)63-43(57)31-11-18-36(19-12-31)65-46(50,51)52/h3-22,24-25,32,58-59H,23,26,53H2,1-2H3/b15-5+,22-8+. The highest BCUT2D eigenvalue weighted by molar-refractivity contribution is 6.00. The Morgan fingerprint density at radius 3 is 1.45 bits per heavy atom. The number of esters is 2. The number of methoxy groups -OCH3 is 2. The lowest BCUT2D eigenvalue weighted by molar-refractivity contribution is -0.275. The summed E-state index contributed by atoms with van der Waals surface area (Å²) in [6.07, 6.45) is -5.95. The maximum atomic E-state index is 13.4. The second-order valence-corrected chi connectivity index (χ2v) is 13.8. The summed E-state index contributed by atoms with van der Waals surface area (Å²) in [7, 11) is 2.54. The predicted molar refractivity (Wildman–Crippen MR) is 220 cm³/mol. The number of rotatable bonds is 18. The van der Waals surface area contributed by atoms with Crippen molar-refractivity contribution in [3.63, 3.8) is 0 Å². The minimum atomic E-state index is -4.92. The lowest BCUT2D eigenvalue weighted by Gasteiger charge is -2.28. The van der Waals surface area contributed by atoms with Crippen LogP contribution in [0.25, 0.3) is 12.2 Å². The van der Waals surface area contributed by atoms with E-state index in [1.165, 1.54) is 62.8 Å². The number of carbonyl (C=O) groups excluding carboxylic acids is 4. The van der Waals surface area contributed by atoms with E-state index in [0.29, 0.717) is 16.8 Å². The molecule has 0 radical (unpaired) electrons. The molecule has 340 valence electrons. The van der Waals surface area contributed by atoms with Gasteiger partial charge >= 0.3 is 24.7 Å². The summed E-state index contributed by atoms with van der Waals surface area (Å²) >= 11 is 0. The number of hydrogen-bond donors (Lipinski definition) is 3. The SMILES string of the molecule is COc1cc(/C=C/C(=O)CC(Cc2ccc(N)cc2)C(O)(O)C(=O)/C=C/c2ccc(OC(=O)c3ccc(OC(F)(F)F)cc3)c(OC)c2)ccc1OC(=O)c1ccc(OC(F)(F)F)cc1. The van der Waals surface area contributed by atoms with Crippen molar-refractivity contribution in [1.82, 2.24) is 0 Å². The second kappa shape index (κ2) is 20.7. The van der Waals surface area contributed by atoms with Gasteiger partial charge in [-0.2, -0.15) is 0 Å². The quantitative estimate of drug-likeness (QED) is 0.0190. The van der Waals surface area contributed by atoms with E-state index in [4.69, 9.17) is 24.7 Å². The molecule has 0 saturated carbocycles. The molecule has 0 aromatic heterocycles. The molecule has 1 atom stereocenters. The molecule has 1 unspecified atom stereocenters. The van der Waals surface area contributed by atoms with E-state index in [-0.39, 0.29) is 46.1 Å². The normalized spacial score (nSPS) is 12.4. The predicted octanol–water partition coefficient (Wildman–Crippen LogP) is 8.32. The lowest BCUT2D eigenvalue weighted by atomic mass is 9.84. The van der Waals surface area contributed by atoms with Crippen LogP contribution >= 0.6 is 0 Å². The average molecular weight is 910 g/mol. The van der Waals surface area contributed by atoms with Crippen LogP contribution in [0.15, 0.2) is 121 Å². The number of carbonyl (C=O) groups is 4. The molecule has 5 rings (SSSR count). The van der Waals surface area contributed by atoms with Crippen LogP contribution < -0.4 is 34.2 Å². The smallest absolute Gasteiger partial charge is 0.493 e. The van der Waals surface area contributed by atoms with E-state index in [2.05, 4.69) is 9.47 Å². The van der Waals surface area contributed by atoms with Gasteiger partial charge in [0, 0.05) is 18.0 Å². The molecule has 0 fully saturated rings. The summed E-state index contributed by atoms with van der Waals surface area (Å²) in [5.74, 6) is -9.34. The van der Waals surface area contributed by atoms with Gasteiger partial charge in [-0.05, 0) is 120 Å². The van der Waals surface area contributed by atoms with Crippen LogP contribution in [0.2, 0.25) is 0 Å². The zero-order valence-corrected chi connectivity index (χ0v) is 34.0. The fraction of sp³-hybridized carbons (Fsp3) is 0.174. The molecule has 0 spiro atoms. The van der Waals surface area contributed by atoms with Crippen molar-refractivity contribution in [1.29, 1.82) is 0 Å². The van der Waals surface area contributed by atoms with Crippen LogP contribution in [0.1, 0.15) is 43.8 Å². The number of ether oxygens (including phenoxy) is 6. The number of aliphatic hydroxyl groups is 2. The van der Waals surface area contributed by atoms with E-state index in [1.54, 1.807) is 24.3 Å². The molecule has 65 heavy (non-hydrogen) atoms. The second-order valence-electron chi connectivity index (χ2n) is 13.8. The molecule has 5 aromatic rings. The minimum absolute atomic E-state index is 0.00301. The Morgan fingerprint density at radius 1 is 0.600 bits per heavy atom. The summed E-state index contributed by atoms with van der Waals surface area (Å²) in [5.41, 5.74) is 7.20. The maximum absolute atomic E-state index is 13.4. The summed E-state index contributed by atoms with van der Waals surface area (Å²) in [4.78, 5) is 52.2. The third-order valence-corrected chi connectivity index (χ3v) is 9.16. The molecule has 0 heterocycles. The Labute approximate surface area is 365 Å². The number of nitrogens with two attached hydrogens (primary N) is 1. The first-order chi connectivity index (χ1) is 30.6. The summed E-state index contributed by atoms with van der Waals surface area (Å²) in [6, 6.07) is 22.6. The first-order valence-electron chi connectivity index (χ1n) is 18.9. The third kappa shape index (κ3) is 14.2. The molecule has 0 aliphatic heterocycles. The van der Waals surface area contributed by atoms with Crippen LogP contribution in [0.4, 0.5) is 32.0 Å². The third-order valence-electron chi connectivity index (χ3n) is 9.16. The molecule has 0 aliphatic carbocycles. The van der Waals surface area contributed by atoms with Gasteiger partial charge in [0.05, 0.1) is 25.3 Å². The number of hydrogen-bond acceptors (Lipinski definition) is 13. The Balaban J connectivity index is 1.27. The van der Waals surface area contributed by atoms with Gasteiger partial charge < -0.3 is 44.4 Å². The summed E-state index contributed by atoms with van der Waals surface area (Å²) in [5, 5.41) is 22.6. The molecule has 13 nitrogen and oxygen atoms in total. The largest absolute Gasteiger partial charge is 0.573 e. The van der Waals surface area contributed by atoms with Gasteiger partial charge in [-0.1, -0.05) is 36.4 Å². The van der Waals surface area contributed by atoms with Crippen LogP contribution in [0.3, 0.4) is 0 Å². The van der Waals surface area contributed by atoms with Gasteiger partial charge in [0.25, 0.3) is 0 Å². The van der Waals surface area contributed by atoms with Crippen molar-refractivity contribution in [3.8, 4) is 34.5 Å².